The molecule has 0 amide bonds. The Morgan fingerprint density at radius 1 is 0.875 bits per heavy atom. The summed E-state index contributed by atoms with van der Waals surface area (Å²) in [6, 6.07) is 12.3. The standard InChI is InChI=1S/C28H39NO3/c1-3-5-6-7-8-11-14-28(30)32-26-19-20-27(29-23-26)25-17-15-24(16-18-25)13-10-9-12-22-31-21-4-2/h8,11,15-20,23H,3-7,9-10,12-14,21-22H2,1-2H3. The number of carbonyl (C=O) groups is 1. The van der Waals surface area contributed by atoms with Gasteiger partial charge >= 0.3 is 5.97 Å². The largest absolute Gasteiger partial charge is 0.425 e. The van der Waals surface area contributed by atoms with Crippen LogP contribution >= 0.6 is 0 Å². The van der Waals surface area contributed by atoms with Gasteiger partial charge < -0.3 is 9.47 Å². The number of allylic oxidation sites excluding steroid dienone is 1. The van der Waals surface area contributed by atoms with Gasteiger partial charge in [0.25, 0.3) is 0 Å². The fraction of sp³-hybridized carbons (Fsp3) is 0.500. The smallest absolute Gasteiger partial charge is 0.315 e. The number of hydrogen-bond donors (Lipinski definition) is 0. The number of esters is 1. The molecular formula is C28H39NO3. The molecule has 1 aromatic carbocycles. The van der Waals surface area contributed by atoms with Crippen LogP contribution in [-0.2, 0) is 16.0 Å². The lowest BCUT2D eigenvalue weighted by atomic mass is 10.0. The first-order chi connectivity index (χ1) is 15.7. The van der Waals surface area contributed by atoms with Crippen LogP contribution < -0.4 is 4.74 Å². The third-order valence-corrected chi connectivity index (χ3v) is 5.25. The van der Waals surface area contributed by atoms with Gasteiger partial charge in [-0.1, -0.05) is 69.5 Å². The first kappa shape index (κ1) is 25.8. The fourth-order valence-electron chi connectivity index (χ4n) is 3.39. The molecule has 0 N–H and O–H groups in total. The highest BCUT2D eigenvalue weighted by Crippen LogP contribution is 2.21. The van der Waals surface area contributed by atoms with E-state index in [1.807, 2.05) is 12.1 Å². The summed E-state index contributed by atoms with van der Waals surface area (Å²) in [6.45, 7) is 6.07. The number of nitrogens with zero attached hydrogens (tertiary/aromatic N) is 1. The van der Waals surface area contributed by atoms with Crippen LogP contribution in [0.4, 0.5) is 0 Å². The molecule has 0 fully saturated rings. The topological polar surface area (TPSA) is 48.4 Å². The van der Waals surface area contributed by atoms with Crippen molar-refractivity contribution in [2.45, 2.75) is 78.1 Å². The van der Waals surface area contributed by atoms with Gasteiger partial charge in [0.15, 0.2) is 0 Å². The van der Waals surface area contributed by atoms with Crippen molar-refractivity contribution in [3.05, 3.63) is 60.3 Å². The Labute approximate surface area is 194 Å². The number of rotatable bonds is 16. The molecule has 2 aromatic rings. The minimum atomic E-state index is -0.257. The Hall–Kier alpha value is -2.46. The van der Waals surface area contributed by atoms with Crippen molar-refractivity contribution in [2.24, 2.45) is 0 Å². The van der Waals surface area contributed by atoms with Gasteiger partial charge in [0.2, 0.25) is 0 Å². The molecule has 4 nitrogen and oxygen atoms in total. The second-order valence-electron chi connectivity index (χ2n) is 8.14. The van der Waals surface area contributed by atoms with Gasteiger partial charge in [0.1, 0.15) is 5.75 Å². The molecule has 0 aliphatic carbocycles. The third kappa shape index (κ3) is 10.7. The highest BCUT2D eigenvalue weighted by atomic mass is 16.5. The van der Waals surface area contributed by atoms with Crippen LogP contribution in [-0.4, -0.2) is 24.2 Å². The summed E-state index contributed by atoms with van der Waals surface area (Å²) in [4.78, 5) is 16.4. The highest BCUT2D eigenvalue weighted by molar-refractivity contribution is 5.74. The molecule has 0 saturated carbocycles. The van der Waals surface area contributed by atoms with Crippen LogP contribution in [0.2, 0.25) is 0 Å². The summed E-state index contributed by atoms with van der Waals surface area (Å²) in [5.41, 5.74) is 3.28. The molecule has 1 aromatic heterocycles. The van der Waals surface area contributed by atoms with Gasteiger partial charge in [-0.05, 0) is 56.2 Å². The summed E-state index contributed by atoms with van der Waals surface area (Å²) >= 11 is 0. The Balaban J connectivity index is 1.72. The van der Waals surface area contributed by atoms with Crippen LogP contribution in [0.25, 0.3) is 11.3 Å². The van der Waals surface area contributed by atoms with E-state index in [1.54, 1.807) is 12.3 Å². The Bertz CT molecular complexity index is 781. The first-order valence-electron chi connectivity index (χ1n) is 12.2. The van der Waals surface area contributed by atoms with Crippen molar-refractivity contribution in [2.75, 3.05) is 13.2 Å². The van der Waals surface area contributed by atoms with E-state index in [4.69, 9.17) is 9.47 Å². The molecule has 0 radical (unpaired) electrons. The Kier molecular flexibility index (Phi) is 13.1. The minimum absolute atomic E-state index is 0.257. The van der Waals surface area contributed by atoms with Gasteiger partial charge in [-0.15, -0.1) is 0 Å². The Morgan fingerprint density at radius 3 is 2.44 bits per heavy atom. The predicted molar refractivity (Wildman–Crippen MR) is 132 cm³/mol. The molecule has 1 heterocycles. The number of carbonyl (C=O) groups excluding carboxylic acids is 1. The zero-order chi connectivity index (χ0) is 22.9. The summed E-state index contributed by atoms with van der Waals surface area (Å²) < 4.78 is 10.9. The second kappa shape index (κ2) is 16.2. The molecule has 0 atom stereocenters. The molecule has 4 heteroatoms. The lowest BCUT2D eigenvalue weighted by Gasteiger charge is -2.06. The average Bonchev–Trinajstić information content (AvgIpc) is 2.82. The van der Waals surface area contributed by atoms with Gasteiger partial charge in [-0.2, -0.15) is 0 Å². The molecule has 0 bridgehead atoms. The van der Waals surface area contributed by atoms with E-state index in [0.717, 1.165) is 50.2 Å². The van der Waals surface area contributed by atoms with Gasteiger partial charge in [0, 0.05) is 18.8 Å². The van der Waals surface area contributed by atoms with Crippen LogP contribution in [0.15, 0.2) is 54.7 Å². The lowest BCUT2D eigenvalue weighted by Crippen LogP contribution is -2.06. The molecule has 174 valence electrons. The number of hydrogen-bond acceptors (Lipinski definition) is 4. The van der Waals surface area contributed by atoms with E-state index in [-0.39, 0.29) is 5.97 Å². The number of pyridine rings is 1. The number of ether oxygens (including phenoxy) is 2. The molecule has 0 unspecified atom stereocenters. The average molecular weight is 438 g/mol. The normalized spacial score (nSPS) is 11.2. The summed E-state index contributed by atoms with van der Waals surface area (Å²) in [5, 5.41) is 0. The fourth-order valence-corrected chi connectivity index (χ4v) is 3.39. The molecule has 2 rings (SSSR count). The highest BCUT2D eigenvalue weighted by Gasteiger charge is 2.05. The van der Waals surface area contributed by atoms with Crippen LogP contribution in [0.3, 0.4) is 0 Å². The zero-order valence-electron chi connectivity index (χ0n) is 19.9. The second-order valence-corrected chi connectivity index (χ2v) is 8.14. The van der Waals surface area contributed by atoms with Crippen molar-refractivity contribution >= 4 is 5.97 Å². The predicted octanol–water partition coefficient (Wildman–Crippen LogP) is 7.32. The lowest BCUT2D eigenvalue weighted by molar-refractivity contribution is -0.133. The van der Waals surface area contributed by atoms with Crippen LogP contribution in [0.5, 0.6) is 5.75 Å². The molecule has 0 aliphatic rings. The summed E-state index contributed by atoms with van der Waals surface area (Å²) in [5.74, 6) is 0.227. The van der Waals surface area contributed by atoms with Crippen molar-refractivity contribution in [1.82, 2.24) is 4.98 Å². The minimum Gasteiger partial charge on any atom is -0.425 e. The third-order valence-electron chi connectivity index (χ3n) is 5.25. The maximum absolute atomic E-state index is 12.0. The van der Waals surface area contributed by atoms with E-state index < -0.39 is 0 Å². The Morgan fingerprint density at radius 2 is 1.72 bits per heavy atom. The first-order valence-corrected chi connectivity index (χ1v) is 12.2. The van der Waals surface area contributed by atoms with Crippen LogP contribution in [0, 0.1) is 0 Å². The van der Waals surface area contributed by atoms with Gasteiger partial charge in [-0.25, -0.2) is 0 Å². The molecule has 32 heavy (non-hydrogen) atoms. The number of unbranched alkanes of at least 4 members (excludes halogenated alkanes) is 5. The number of aryl methyl sites for hydroxylation is 1. The van der Waals surface area contributed by atoms with E-state index >= 15 is 0 Å². The monoisotopic (exact) mass is 437 g/mol. The van der Waals surface area contributed by atoms with Crippen molar-refractivity contribution in [1.29, 1.82) is 0 Å². The number of benzene rings is 1. The molecule has 0 aliphatic heterocycles. The van der Waals surface area contributed by atoms with E-state index in [1.165, 1.54) is 37.7 Å². The van der Waals surface area contributed by atoms with E-state index in [2.05, 4.69) is 49.2 Å². The summed E-state index contributed by atoms with van der Waals surface area (Å²) in [6.07, 6.45) is 16.2. The van der Waals surface area contributed by atoms with Gasteiger partial charge in [-0.3, -0.25) is 9.78 Å². The van der Waals surface area contributed by atoms with E-state index in [0.29, 0.717) is 12.2 Å². The maximum atomic E-state index is 12.0. The molecule has 0 saturated heterocycles. The van der Waals surface area contributed by atoms with Crippen molar-refractivity contribution < 1.29 is 14.3 Å². The van der Waals surface area contributed by atoms with Crippen molar-refractivity contribution in [3.63, 3.8) is 0 Å². The number of aromatic nitrogens is 1. The van der Waals surface area contributed by atoms with Crippen LogP contribution in [0.1, 0.15) is 77.2 Å². The summed E-state index contributed by atoms with van der Waals surface area (Å²) in [7, 11) is 0. The van der Waals surface area contributed by atoms with Gasteiger partial charge in [0.05, 0.1) is 18.3 Å². The molecule has 0 spiro atoms. The van der Waals surface area contributed by atoms with Crippen molar-refractivity contribution in [3.8, 4) is 17.0 Å². The quantitative estimate of drug-likeness (QED) is 0.157. The SMILES string of the molecule is CCCCCC=CCC(=O)Oc1ccc(-c2ccc(CCCCCOCCC)cc2)nc1. The zero-order valence-corrected chi connectivity index (χ0v) is 19.9. The molecular weight excluding hydrogens is 398 g/mol. The van der Waals surface area contributed by atoms with E-state index in [9.17, 15) is 4.79 Å². The maximum Gasteiger partial charge on any atom is 0.315 e.